The predicted molar refractivity (Wildman–Crippen MR) is 54.3 cm³/mol. The van der Waals surface area contributed by atoms with Gasteiger partial charge in [0.05, 0.1) is 17.2 Å². The minimum atomic E-state index is -0.511. The van der Waals surface area contributed by atoms with Gasteiger partial charge >= 0.3 is 5.97 Å². The normalized spacial score (nSPS) is 9.79. The van der Waals surface area contributed by atoms with Crippen LogP contribution in [0, 0.1) is 0 Å². The van der Waals surface area contributed by atoms with E-state index in [1.165, 1.54) is 11.3 Å². The minimum Gasteiger partial charge on any atom is -0.466 e. The highest BCUT2D eigenvalue weighted by molar-refractivity contribution is 7.14. The van der Waals surface area contributed by atoms with Gasteiger partial charge in [-0.3, -0.25) is 9.59 Å². The zero-order chi connectivity index (χ0) is 10.6. The molecule has 0 atom stereocenters. The fraction of sp³-hybridized carbons (Fsp3) is 0.333. The Morgan fingerprint density at radius 2 is 2.29 bits per heavy atom. The summed E-state index contributed by atoms with van der Waals surface area (Å²) < 4.78 is 4.65. The topological polar surface area (TPSA) is 69.4 Å². The Bertz CT molecular complexity index is 346. The van der Waals surface area contributed by atoms with Gasteiger partial charge in [0.25, 0.3) is 0 Å². The molecule has 0 aliphatic carbocycles. The highest BCUT2D eigenvalue weighted by Gasteiger charge is 2.15. The third-order valence-corrected chi connectivity index (χ3v) is 2.35. The van der Waals surface area contributed by atoms with Crippen LogP contribution in [0.3, 0.4) is 0 Å². The molecule has 1 heterocycles. The van der Waals surface area contributed by atoms with Crippen LogP contribution in [-0.4, -0.2) is 18.4 Å². The lowest BCUT2D eigenvalue weighted by molar-refractivity contribution is -0.141. The van der Waals surface area contributed by atoms with Crippen LogP contribution in [0.25, 0.3) is 0 Å². The van der Waals surface area contributed by atoms with Crippen LogP contribution in [-0.2, 0) is 9.53 Å². The third-order valence-electron chi connectivity index (χ3n) is 1.61. The van der Waals surface area contributed by atoms with E-state index in [1.807, 2.05) is 0 Å². The number of rotatable bonds is 4. The molecule has 0 spiro atoms. The van der Waals surface area contributed by atoms with E-state index < -0.39 is 5.97 Å². The van der Waals surface area contributed by atoms with Gasteiger partial charge < -0.3 is 10.5 Å². The molecule has 0 aliphatic rings. The zero-order valence-corrected chi connectivity index (χ0v) is 8.60. The molecule has 14 heavy (non-hydrogen) atoms. The summed E-state index contributed by atoms with van der Waals surface area (Å²) in [6, 6.07) is 1.61. The summed E-state index contributed by atoms with van der Waals surface area (Å²) in [6.45, 7) is 1.98. The standard InChI is InChI=1S/C9H11NO3S/c1-2-13-8(12)5-7(11)6-3-4-14-9(6)10/h3-4H,2,5,10H2,1H3. The largest absolute Gasteiger partial charge is 0.466 e. The first-order valence-corrected chi connectivity index (χ1v) is 5.05. The number of Topliss-reactive ketones (excluding diaryl/α,β-unsaturated/α-hetero) is 1. The fourth-order valence-electron chi connectivity index (χ4n) is 0.990. The highest BCUT2D eigenvalue weighted by atomic mass is 32.1. The smallest absolute Gasteiger partial charge is 0.313 e. The summed E-state index contributed by atoms with van der Waals surface area (Å²) >= 11 is 1.28. The van der Waals surface area contributed by atoms with Gasteiger partial charge in [0.15, 0.2) is 5.78 Å². The van der Waals surface area contributed by atoms with E-state index in [-0.39, 0.29) is 18.8 Å². The van der Waals surface area contributed by atoms with Crippen LogP contribution in [0.5, 0.6) is 0 Å². The molecule has 2 N–H and O–H groups in total. The summed E-state index contributed by atoms with van der Waals surface area (Å²) in [6.07, 6.45) is -0.241. The SMILES string of the molecule is CCOC(=O)CC(=O)c1ccsc1N. The number of hydrogen-bond acceptors (Lipinski definition) is 5. The third kappa shape index (κ3) is 2.56. The second-order valence-corrected chi connectivity index (χ2v) is 3.55. The van der Waals surface area contributed by atoms with Crippen molar-refractivity contribution in [3.63, 3.8) is 0 Å². The number of ether oxygens (including phenoxy) is 1. The Morgan fingerprint density at radius 3 is 2.79 bits per heavy atom. The molecular weight excluding hydrogens is 202 g/mol. The molecule has 0 radical (unpaired) electrons. The number of esters is 1. The summed E-state index contributed by atoms with van der Waals surface area (Å²) in [5.41, 5.74) is 5.94. The number of carbonyl (C=O) groups excluding carboxylic acids is 2. The highest BCUT2D eigenvalue weighted by Crippen LogP contribution is 2.20. The first-order chi connectivity index (χ1) is 6.65. The van der Waals surface area contributed by atoms with Crippen molar-refractivity contribution in [2.45, 2.75) is 13.3 Å². The molecule has 5 heteroatoms. The maximum Gasteiger partial charge on any atom is 0.313 e. The molecule has 0 fully saturated rings. The van der Waals surface area contributed by atoms with E-state index in [1.54, 1.807) is 18.4 Å². The van der Waals surface area contributed by atoms with Gasteiger partial charge in [0.2, 0.25) is 0 Å². The monoisotopic (exact) mass is 213 g/mol. The van der Waals surface area contributed by atoms with Gasteiger partial charge in [-0.15, -0.1) is 11.3 Å². The van der Waals surface area contributed by atoms with Crippen LogP contribution >= 0.6 is 11.3 Å². The maximum absolute atomic E-state index is 11.4. The molecule has 4 nitrogen and oxygen atoms in total. The molecule has 0 saturated carbocycles. The Labute approximate surface area is 85.7 Å². The van der Waals surface area contributed by atoms with E-state index in [0.29, 0.717) is 10.6 Å². The lowest BCUT2D eigenvalue weighted by atomic mass is 10.1. The van der Waals surface area contributed by atoms with Gasteiger partial charge in [-0.25, -0.2) is 0 Å². The molecule has 1 aromatic heterocycles. The first kappa shape index (κ1) is 10.7. The second kappa shape index (κ2) is 4.76. The van der Waals surface area contributed by atoms with Gasteiger partial charge in [-0.1, -0.05) is 0 Å². The molecule has 76 valence electrons. The number of thiophene rings is 1. The van der Waals surface area contributed by atoms with E-state index in [9.17, 15) is 9.59 Å². The lowest BCUT2D eigenvalue weighted by Crippen LogP contribution is -2.11. The number of carbonyl (C=O) groups is 2. The van der Waals surface area contributed by atoms with Crippen molar-refractivity contribution in [2.24, 2.45) is 0 Å². The van der Waals surface area contributed by atoms with Crippen LogP contribution < -0.4 is 5.73 Å². The summed E-state index contributed by atoms with van der Waals surface area (Å²) in [7, 11) is 0. The van der Waals surface area contributed by atoms with E-state index in [0.717, 1.165) is 0 Å². The number of ketones is 1. The van der Waals surface area contributed by atoms with Crippen molar-refractivity contribution in [1.82, 2.24) is 0 Å². The van der Waals surface area contributed by atoms with Gasteiger partial charge in [-0.05, 0) is 18.4 Å². The zero-order valence-electron chi connectivity index (χ0n) is 7.78. The molecule has 0 aromatic carbocycles. The van der Waals surface area contributed by atoms with Crippen molar-refractivity contribution in [3.8, 4) is 0 Å². The molecule has 1 aromatic rings. The summed E-state index contributed by atoms with van der Waals surface area (Å²) in [4.78, 5) is 22.4. The lowest BCUT2D eigenvalue weighted by Gasteiger charge is -2.00. The van der Waals surface area contributed by atoms with E-state index >= 15 is 0 Å². The first-order valence-electron chi connectivity index (χ1n) is 4.17. The quantitative estimate of drug-likeness (QED) is 0.467. The van der Waals surface area contributed by atoms with Crippen LogP contribution in [0.15, 0.2) is 11.4 Å². The summed E-state index contributed by atoms with van der Waals surface area (Å²) in [5.74, 6) is -0.801. The molecule has 0 aliphatic heterocycles. The van der Waals surface area contributed by atoms with Crippen molar-refractivity contribution in [2.75, 3.05) is 12.3 Å². The predicted octanol–water partition coefficient (Wildman–Crippen LogP) is 1.47. The average molecular weight is 213 g/mol. The Balaban J connectivity index is 2.59. The molecule has 0 amide bonds. The van der Waals surface area contributed by atoms with E-state index in [2.05, 4.69) is 4.74 Å². The Hall–Kier alpha value is -1.36. The average Bonchev–Trinajstić information content (AvgIpc) is 2.51. The molecule has 0 unspecified atom stereocenters. The maximum atomic E-state index is 11.4. The molecular formula is C9H11NO3S. The van der Waals surface area contributed by atoms with Crippen molar-refractivity contribution >= 4 is 28.1 Å². The van der Waals surface area contributed by atoms with Crippen LogP contribution in [0.2, 0.25) is 0 Å². The van der Waals surface area contributed by atoms with E-state index in [4.69, 9.17) is 5.73 Å². The van der Waals surface area contributed by atoms with Crippen molar-refractivity contribution < 1.29 is 14.3 Å². The summed E-state index contributed by atoms with van der Waals surface area (Å²) in [5, 5.41) is 2.16. The van der Waals surface area contributed by atoms with Gasteiger partial charge in [0, 0.05) is 0 Å². The second-order valence-electron chi connectivity index (χ2n) is 2.60. The minimum absolute atomic E-state index is 0.241. The van der Waals surface area contributed by atoms with Crippen LogP contribution in [0.1, 0.15) is 23.7 Å². The number of anilines is 1. The number of nitrogen functional groups attached to an aromatic ring is 1. The number of nitrogens with two attached hydrogens (primary N) is 1. The van der Waals surface area contributed by atoms with Crippen molar-refractivity contribution in [3.05, 3.63) is 17.0 Å². The molecule has 0 saturated heterocycles. The molecule has 1 rings (SSSR count). The molecule has 0 bridgehead atoms. The number of hydrogen-bond donors (Lipinski definition) is 1. The Morgan fingerprint density at radius 1 is 1.57 bits per heavy atom. The Kier molecular flexibility index (Phi) is 3.64. The van der Waals surface area contributed by atoms with Crippen LogP contribution in [0.4, 0.5) is 5.00 Å². The fourth-order valence-corrected chi connectivity index (χ4v) is 1.65. The van der Waals surface area contributed by atoms with Gasteiger partial charge in [0.1, 0.15) is 6.42 Å². The van der Waals surface area contributed by atoms with Gasteiger partial charge in [-0.2, -0.15) is 0 Å². The van der Waals surface area contributed by atoms with Crippen molar-refractivity contribution in [1.29, 1.82) is 0 Å².